The van der Waals surface area contributed by atoms with Gasteiger partial charge in [0.15, 0.2) is 0 Å². The Bertz CT molecular complexity index is 577. The van der Waals surface area contributed by atoms with Gasteiger partial charge >= 0.3 is 6.03 Å². The van der Waals surface area contributed by atoms with Gasteiger partial charge in [0, 0.05) is 37.6 Å². The van der Waals surface area contributed by atoms with E-state index in [-0.39, 0.29) is 24.1 Å². The van der Waals surface area contributed by atoms with Crippen LogP contribution < -0.4 is 10.6 Å². The van der Waals surface area contributed by atoms with Crippen molar-refractivity contribution in [3.63, 3.8) is 0 Å². The van der Waals surface area contributed by atoms with Gasteiger partial charge in [-0.15, -0.1) is 0 Å². The highest BCUT2D eigenvalue weighted by molar-refractivity contribution is 5.74. The van der Waals surface area contributed by atoms with Gasteiger partial charge in [0.1, 0.15) is 0 Å². The minimum Gasteiger partial charge on any atom is -0.396 e. The van der Waals surface area contributed by atoms with E-state index in [1.165, 1.54) is 11.1 Å². The average molecular weight is 331 g/mol. The Morgan fingerprint density at radius 1 is 1.38 bits per heavy atom. The first-order valence-electron chi connectivity index (χ1n) is 9.05. The molecule has 2 unspecified atom stereocenters. The normalized spacial score (nSPS) is 26.8. The predicted octanol–water partition coefficient (Wildman–Crippen LogP) is 1.89. The van der Waals surface area contributed by atoms with E-state index in [0.29, 0.717) is 6.54 Å². The van der Waals surface area contributed by atoms with Crippen molar-refractivity contribution in [1.29, 1.82) is 0 Å². The first kappa shape index (κ1) is 17.2. The maximum Gasteiger partial charge on any atom is 0.315 e. The molecule has 0 spiro atoms. The second kappa shape index (κ2) is 7.53. The monoisotopic (exact) mass is 331 g/mol. The molecule has 1 saturated carbocycles. The SMILES string of the molecule is CC1(CO)CCCC1NC(=O)NCCN1CCc2ccccc2C1. The summed E-state index contributed by atoms with van der Waals surface area (Å²) < 4.78 is 0. The van der Waals surface area contributed by atoms with Crippen LogP contribution in [0.5, 0.6) is 0 Å². The molecular formula is C19H29N3O2. The number of rotatable bonds is 5. The average Bonchev–Trinajstić information content (AvgIpc) is 2.96. The van der Waals surface area contributed by atoms with Crippen molar-refractivity contribution in [2.45, 2.75) is 45.2 Å². The molecule has 1 aliphatic carbocycles. The third kappa shape index (κ3) is 3.90. The Morgan fingerprint density at radius 3 is 2.96 bits per heavy atom. The van der Waals surface area contributed by atoms with E-state index >= 15 is 0 Å². The highest BCUT2D eigenvalue weighted by Gasteiger charge is 2.39. The summed E-state index contributed by atoms with van der Waals surface area (Å²) in [7, 11) is 0. The van der Waals surface area contributed by atoms with Crippen LogP contribution in [-0.2, 0) is 13.0 Å². The van der Waals surface area contributed by atoms with Gasteiger partial charge in [0.05, 0.1) is 6.61 Å². The van der Waals surface area contributed by atoms with Crippen LogP contribution in [0.4, 0.5) is 4.79 Å². The molecule has 132 valence electrons. The molecule has 1 aromatic carbocycles. The molecule has 3 rings (SSSR count). The Kier molecular flexibility index (Phi) is 5.41. The number of amides is 2. The fourth-order valence-corrected chi connectivity index (χ4v) is 3.95. The number of benzene rings is 1. The molecule has 0 bridgehead atoms. The smallest absolute Gasteiger partial charge is 0.315 e. The van der Waals surface area contributed by atoms with Crippen molar-refractivity contribution in [2.24, 2.45) is 5.41 Å². The molecule has 3 N–H and O–H groups in total. The molecule has 1 aromatic rings. The molecule has 0 aromatic heterocycles. The number of urea groups is 1. The topological polar surface area (TPSA) is 64.6 Å². The molecule has 2 aliphatic rings. The molecular weight excluding hydrogens is 302 g/mol. The van der Waals surface area contributed by atoms with E-state index in [1.54, 1.807) is 0 Å². The van der Waals surface area contributed by atoms with Crippen LogP contribution in [0.3, 0.4) is 0 Å². The first-order valence-corrected chi connectivity index (χ1v) is 9.05. The summed E-state index contributed by atoms with van der Waals surface area (Å²) >= 11 is 0. The number of hydrogen-bond donors (Lipinski definition) is 3. The Hall–Kier alpha value is -1.59. The third-order valence-corrected chi connectivity index (χ3v) is 5.67. The zero-order valence-corrected chi connectivity index (χ0v) is 14.6. The Morgan fingerprint density at radius 2 is 2.17 bits per heavy atom. The fraction of sp³-hybridized carbons (Fsp3) is 0.632. The quantitative estimate of drug-likeness (QED) is 0.772. The molecule has 5 heteroatoms. The summed E-state index contributed by atoms with van der Waals surface area (Å²) in [5.74, 6) is 0. The van der Waals surface area contributed by atoms with E-state index in [9.17, 15) is 9.90 Å². The summed E-state index contributed by atoms with van der Waals surface area (Å²) in [6, 6.07) is 8.55. The van der Waals surface area contributed by atoms with Gasteiger partial charge in [-0.25, -0.2) is 4.79 Å². The summed E-state index contributed by atoms with van der Waals surface area (Å²) in [4.78, 5) is 14.5. The van der Waals surface area contributed by atoms with Crippen LogP contribution in [0.15, 0.2) is 24.3 Å². The zero-order valence-electron chi connectivity index (χ0n) is 14.6. The van der Waals surface area contributed by atoms with E-state index < -0.39 is 0 Å². The van der Waals surface area contributed by atoms with Gasteiger partial charge in [0.2, 0.25) is 0 Å². The summed E-state index contributed by atoms with van der Waals surface area (Å²) in [6.45, 7) is 5.71. The molecule has 2 atom stereocenters. The standard InChI is InChI=1S/C19H29N3O2/c1-19(14-23)9-4-7-17(19)21-18(24)20-10-12-22-11-8-15-5-2-3-6-16(15)13-22/h2-3,5-6,17,23H,4,7-14H2,1H3,(H2,20,21,24). The molecule has 2 amide bonds. The van der Waals surface area contributed by atoms with Gasteiger partial charge < -0.3 is 15.7 Å². The molecule has 1 aliphatic heterocycles. The van der Waals surface area contributed by atoms with Crippen LogP contribution in [0.1, 0.15) is 37.3 Å². The van der Waals surface area contributed by atoms with Gasteiger partial charge in [-0.2, -0.15) is 0 Å². The summed E-state index contributed by atoms with van der Waals surface area (Å²) in [6.07, 6.45) is 4.07. The van der Waals surface area contributed by atoms with Gasteiger partial charge in [-0.1, -0.05) is 37.6 Å². The highest BCUT2D eigenvalue weighted by atomic mass is 16.3. The Balaban J connectivity index is 1.40. The van der Waals surface area contributed by atoms with Crippen molar-refractivity contribution in [2.75, 3.05) is 26.2 Å². The number of nitrogens with one attached hydrogen (secondary N) is 2. The lowest BCUT2D eigenvalue weighted by Crippen LogP contribution is -2.49. The van der Waals surface area contributed by atoms with Crippen molar-refractivity contribution in [3.05, 3.63) is 35.4 Å². The second-order valence-electron chi connectivity index (χ2n) is 7.45. The van der Waals surface area contributed by atoms with Crippen molar-refractivity contribution < 1.29 is 9.90 Å². The molecule has 5 nitrogen and oxygen atoms in total. The number of hydrogen-bond acceptors (Lipinski definition) is 3. The molecule has 1 heterocycles. The lowest BCUT2D eigenvalue weighted by atomic mass is 9.86. The first-order chi connectivity index (χ1) is 11.6. The Labute approximate surface area is 144 Å². The van der Waals surface area contributed by atoms with Crippen LogP contribution in [0.2, 0.25) is 0 Å². The van der Waals surface area contributed by atoms with E-state index in [4.69, 9.17) is 0 Å². The lowest BCUT2D eigenvalue weighted by molar-refractivity contribution is 0.121. The van der Waals surface area contributed by atoms with Crippen LogP contribution in [0.25, 0.3) is 0 Å². The second-order valence-corrected chi connectivity index (χ2v) is 7.45. The highest BCUT2D eigenvalue weighted by Crippen LogP contribution is 2.37. The number of carbonyl (C=O) groups excluding carboxylic acids is 1. The maximum atomic E-state index is 12.1. The summed E-state index contributed by atoms with van der Waals surface area (Å²) in [5.41, 5.74) is 2.68. The summed E-state index contributed by atoms with van der Waals surface area (Å²) in [5, 5.41) is 15.6. The maximum absolute atomic E-state index is 12.1. The number of fused-ring (bicyclic) bond motifs is 1. The number of aliphatic hydroxyl groups is 1. The van der Waals surface area contributed by atoms with E-state index in [2.05, 4.69) is 46.7 Å². The lowest BCUT2D eigenvalue weighted by Gasteiger charge is -2.31. The molecule has 1 fully saturated rings. The van der Waals surface area contributed by atoms with Crippen LogP contribution >= 0.6 is 0 Å². The van der Waals surface area contributed by atoms with Crippen molar-refractivity contribution in [3.8, 4) is 0 Å². The van der Waals surface area contributed by atoms with Gasteiger partial charge in [0.25, 0.3) is 0 Å². The number of aliphatic hydroxyl groups excluding tert-OH is 1. The third-order valence-electron chi connectivity index (χ3n) is 5.67. The van der Waals surface area contributed by atoms with Gasteiger partial charge in [-0.3, -0.25) is 4.90 Å². The van der Waals surface area contributed by atoms with E-state index in [0.717, 1.165) is 45.3 Å². The van der Waals surface area contributed by atoms with Crippen molar-refractivity contribution in [1.82, 2.24) is 15.5 Å². The zero-order chi connectivity index (χ0) is 17.0. The van der Waals surface area contributed by atoms with Crippen molar-refractivity contribution >= 4 is 6.03 Å². The largest absolute Gasteiger partial charge is 0.396 e. The van der Waals surface area contributed by atoms with E-state index in [1.807, 2.05) is 0 Å². The molecule has 0 saturated heterocycles. The minimum absolute atomic E-state index is 0.0735. The predicted molar refractivity (Wildman–Crippen MR) is 94.8 cm³/mol. The van der Waals surface area contributed by atoms with Crippen LogP contribution in [0, 0.1) is 5.41 Å². The molecule has 0 radical (unpaired) electrons. The van der Waals surface area contributed by atoms with Crippen LogP contribution in [-0.4, -0.2) is 48.3 Å². The number of nitrogens with zero attached hydrogens (tertiary/aromatic N) is 1. The van der Waals surface area contributed by atoms with Gasteiger partial charge in [-0.05, 0) is 30.4 Å². The fourth-order valence-electron chi connectivity index (χ4n) is 3.95. The number of carbonyl (C=O) groups is 1. The molecule has 24 heavy (non-hydrogen) atoms. The minimum atomic E-state index is -0.173.